The highest BCUT2D eigenvalue weighted by molar-refractivity contribution is 14.0. The summed E-state index contributed by atoms with van der Waals surface area (Å²) in [5.74, 6) is 3.50. The van der Waals surface area contributed by atoms with Crippen molar-refractivity contribution in [2.24, 2.45) is 22.7 Å². The highest BCUT2D eigenvalue weighted by atomic mass is 127. The fourth-order valence-electron chi connectivity index (χ4n) is 3.38. The lowest BCUT2D eigenvalue weighted by atomic mass is 9.92. The van der Waals surface area contributed by atoms with E-state index in [1.165, 1.54) is 38.9 Å². The van der Waals surface area contributed by atoms with Gasteiger partial charge in [0.25, 0.3) is 0 Å². The van der Waals surface area contributed by atoms with Crippen LogP contribution in [-0.4, -0.2) is 50.1 Å². The average Bonchev–Trinajstić information content (AvgIpc) is 3.07. The Kier molecular flexibility index (Phi) is 8.31. The van der Waals surface area contributed by atoms with E-state index in [1.54, 1.807) is 0 Å². The van der Waals surface area contributed by atoms with Gasteiger partial charge in [-0.15, -0.1) is 24.0 Å². The molecular formula is C16H33IN4. The van der Waals surface area contributed by atoms with Crippen molar-refractivity contribution in [2.45, 2.75) is 46.1 Å². The topological polar surface area (TPSA) is 39.7 Å². The van der Waals surface area contributed by atoms with Crippen LogP contribution in [0.25, 0.3) is 0 Å². The van der Waals surface area contributed by atoms with Crippen LogP contribution in [-0.2, 0) is 0 Å². The van der Waals surface area contributed by atoms with E-state index in [-0.39, 0.29) is 24.0 Å². The van der Waals surface area contributed by atoms with Gasteiger partial charge in [-0.3, -0.25) is 4.99 Å². The molecule has 4 unspecified atom stereocenters. The first-order chi connectivity index (χ1) is 9.58. The minimum Gasteiger partial charge on any atom is -0.356 e. The summed E-state index contributed by atoms with van der Waals surface area (Å²) < 4.78 is 0. The van der Waals surface area contributed by atoms with Gasteiger partial charge in [0.2, 0.25) is 0 Å². The van der Waals surface area contributed by atoms with Crippen molar-refractivity contribution in [2.75, 3.05) is 33.2 Å². The van der Waals surface area contributed by atoms with Crippen molar-refractivity contribution in [3.63, 3.8) is 0 Å². The highest BCUT2D eigenvalue weighted by Crippen LogP contribution is 2.28. The molecule has 2 aliphatic rings. The molecule has 0 amide bonds. The maximum absolute atomic E-state index is 4.29. The van der Waals surface area contributed by atoms with Gasteiger partial charge in [-0.25, -0.2) is 0 Å². The molecule has 4 atom stereocenters. The third kappa shape index (κ3) is 6.72. The molecule has 1 aliphatic carbocycles. The fraction of sp³-hybridized carbons (Fsp3) is 0.938. The van der Waals surface area contributed by atoms with Gasteiger partial charge < -0.3 is 15.5 Å². The van der Waals surface area contributed by atoms with Crippen LogP contribution < -0.4 is 10.6 Å². The van der Waals surface area contributed by atoms with Crippen LogP contribution in [0, 0.1) is 17.8 Å². The van der Waals surface area contributed by atoms with Crippen LogP contribution >= 0.6 is 24.0 Å². The van der Waals surface area contributed by atoms with E-state index in [4.69, 9.17) is 0 Å². The van der Waals surface area contributed by atoms with Crippen LogP contribution in [0.1, 0.15) is 40.0 Å². The second-order valence-corrected chi connectivity index (χ2v) is 7.02. The summed E-state index contributed by atoms with van der Waals surface area (Å²) in [4.78, 5) is 6.92. The van der Waals surface area contributed by atoms with Gasteiger partial charge in [-0.2, -0.15) is 0 Å². The molecule has 2 N–H and O–H groups in total. The summed E-state index contributed by atoms with van der Waals surface area (Å²) >= 11 is 0. The molecule has 0 spiro atoms. The van der Waals surface area contributed by atoms with Gasteiger partial charge in [-0.05, 0) is 43.6 Å². The highest BCUT2D eigenvalue weighted by Gasteiger charge is 2.33. The zero-order chi connectivity index (χ0) is 14.5. The molecule has 0 bridgehead atoms. The lowest BCUT2D eigenvalue weighted by Crippen LogP contribution is -2.42. The Labute approximate surface area is 147 Å². The first kappa shape index (κ1) is 19.0. The molecule has 0 radical (unpaired) electrons. The van der Waals surface area contributed by atoms with Crippen molar-refractivity contribution in [1.29, 1.82) is 0 Å². The molecule has 0 aromatic carbocycles. The van der Waals surface area contributed by atoms with Crippen LogP contribution in [0.4, 0.5) is 0 Å². The second kappa shape index (κ2) is 9.18. The Morgan fingerprint density at radius 2 is 1.76 bits per heavy atom. The van der Waals surface area contributed by atoms with E-state index in [9.17, 15) is 0 Å². The largest absolute Gasteiger partial charge is 0.356 e. The third-order valence-corrected chi connectivity index (χ3v) is 4.54. The maximum atomic E-state index is 4.29. The van der Waals surface area contributed by atoms with Gasteiger partial charge in [0.1, 0.15) is 0 Å². The Hall–Kier alpha value is -0.0400. The summed E-state index contributed by atoms with van der Waals surface area (Å²) in [5.41, 5.74) is 0. The standard InChI is InChI=1S/C16H32N4.HI/c1-12-8-13(2)11-20(10-12)7-5-6-18-16(17-4)19-15-9-14(15)3;/h12-15H,5-11H2,1-4H3,(H2,17,18,19);1H. The number of nitrogens with one attached hydrogen (secondary N) is 2. The zero-order valence-corrected chi connectivity index (χ0v) is 16.4. The normalized spacial score (nSPS) is 33.2. The Balaban J connectivity index is 0.00000220. The molecule has 2 fully saturated rings. The van der Waals surface area contributed by atoms with E-state index in [0.29, 0.717) is 6.04 Å². The Morgan fingerprint density at radius 1 is 1.14 bits per heavy atom. The number of rotatable bonds is 5. The van der Waals surface area contributed by atoms with Crippen molar-refractivity contribution < 1.29 is 0 Å². The molecule has 4 nitrogen and oxygen atoms in total. The predicted octanol–water partition coefficient (Wildman–Crippen LogP) is 2.55. The number of hydrogen-bond acceptors (Lipinski definition) is 2. The number of aliphatic imine (C=N–C) groups is 1. The lowest BCUT2D eigenvalue weighted by Gasteiger charge is -2.35. The monoisotopic (exact) mass is 408 g/mol. The van der Waals surface area contributed by atoms with Crippen LogP contribution in [0.5, 0.6) is 0 Å². The molecule has 2 rings (SSSR count). The predicted molar refractivity (Wildman–Crippen MR) is 101 cm³/mol. The number of hydrogen-bond donors (Lipinski definition) is 2. The number of halogens is 1. The zero-order valence-electron chi connectivity index (χ0n) is 14.1. The fourth-order valence-corrected chi connectivity index (χ4v) is 3.38. The molecular weight excluding hydrogens is 375 g/mol. The molecule has 1 saturated carbocycles. The number of nitrogens with zero attached hydrogens (tertiary/aromatic N) is 2. The van der Waals surface area contributed by atoms with Crippen molar-refractivity contribution in [1.82, 2.24) is 15.5 Å². The van der Waals surface area contributed by atoms with Crippen LogP contribution in [0.15, 0.2) is 4.99 Å². The first-order valence-electron chi connectivity index (χ1n) is 8.28. The van der Waals surface area contributed by atoms with E-state index in [2.05, 4.69) is 41.3 Å². The summed E-state index contributed by atoms with van der Waals surface area (Å²) in [7, 11) is 1.86. The van der Waals surface area contributed by atoms with E-state index < -0.39 is 0 Å². The average molecular weight is 408 g/mol. The molecule has 124 valence electrons. The molecule has 1 heterocycles. The SMILES string of the molecule is CN=C(NCCCN1CC(C)CC(C)C1)NC1CC1C.I. The quantitative estimate of drug-likeness (QED) is 0.318. The number of piperidine rings is 1. The molecule has 0 aromatic heterocycles. The van der Waals surface area contributed by atoms with Gasteiger partial charge in [0.15, 0.2) is 5.96 Å². The van der Waals surface area contributed by atoms with Gasteiger partial charge in [-0.1, -0.05) is 20.8 Å². The summed E-state index contributed by atoms with van der Waals surface area (Å²) in [6, 6.07) is 0.644. The number of guanidine groups is 1. The Morgan fingerprint density at radius 3 is 2.29 bits per heavy atom. The van der Waals surface area contributed by atoms with E-state index >= 15 is 0 Å². The summed E-state index contributed by atoms with van der Waals surface area (Å²) in [6.45, 7) is 11.8. The van der Waals surface area contributed by atoms with E-state index in [1.807, 2.05) is 7.05 Å². The van der Waals surface area contributed by atoms with Crippen molar-refractivity contribution in [3.05, 3.63) is 0 Å². The molecule has 21 heavy (non-hydrogen) atoms. The van der Waals surface area contributed by atoms with Crippen LogP contribution in [0.3, 0.4) is 0 Å². The van der Waals surface area contributed by atoms with E-state index in [0.717, 1.165) is 30.3 Å². The lowest BCUT2D eigenvalue weighted by molar-refractivity contribution is 0.140. The van der Waals surface area contributed by atoms with Crippen LogP contribution in [0.2, 0.25) is 0 Å². The number of likely N-dealkylation sites (tertiary alicyclic amines) is 1. The molecule has 0 aromatic rings. The summed E-state index contributed by atoms with van der Waals surface area (Å²) in [6.07, 6.45) is 3.87. The molecule has 5 heteroatoms. The van der Waals surface area contributed by atoms with Gasteiger partial charge >= 0.3 is 0 Å². The minimum atomic E-state index is 0. The Bertz CT molecular complexity index is 324. The summed E-state index contributed by atoms with van der Waals surface area (Å²) in [5, 5.41) is 6.90. The molecule has 1 aliphatic heterocycles. The molecule has 1 saturated heterocycles. The first-order valence-corrected chi connectivity index (χ1v) is 8.28. The third-order valence-electron chi connectivity index (χ3n) is 4.54. The second-order valence-electron chi connectivity index (χ2n) is 7.02. The van der Waals surface area contributed by atoms with Gasteiger partial charge in [0, 0.05) is 32.7 Å². The van der Waals surface area contributed by atoms with Gasteiger partial charge in [0.05, 0.1) is 0 Å². The maximum Gasteiger partial charge on any atom is 0.191 e. The van der Waals surface area contributed by atoms with Crippen molar-refractivity contribution in [3.8, 4) is 0 Å². The minimum absolute atomic E-state index is 0. The smallest absolute Gasteiger partial charge is 0.191 e. The van der Waals surface area contributed by atoms with Crippen molar-refractivity contribution >= 4 is 29.9 Å².